The molecular weight excluding hydrogens is 268 g/mol. The van der Waals surface area contributed by atoms with E-state index in [1.807, 2.05) is 0 Å². The van der Waals surface area contributed by atoms with Crippen LogP contribution >= 0.6 is 34.2 Å². The van der Waals surface area contributed by atoms with Crippen molar-refractivity contribution in [1.29, 1.82) is 0 Å². The van der Waals surface area contributed by atoms with Gasteiger partial charge in [-0.1, -0.05) is 21.6 Å². The van der Waals surface area contributed by atoms with E-state index in [2.05, 4.69) is 12.6 Å². The average molecular weight is 284 g/mol. The van der Waals surface area contributed by atoms with E-state index in [0.29, 0.717) is 18.6 Å². The molecule has 0 radical (unpaired) electrons. The normalized spacial score (nSPS) is 14.4. The molecule has 8 heteroatoms. The lowest BCUT2D eigenvalue weighted by Crippen LogP contribution is -2.30. The third-order valence-electron chi connectivity index (χ3n) is 1.74. The molecule has 0 aliphatic heterocycles. The van der Waals surface area contributed by atoms with Crippen LogP contribution in [0.1, 0.15) is 12.8 Å². The highest BCUT2D eigenvalue weighted by Gasteiger charge is 2.11. The Morgan fingerprint density at radius 1 is 1.12 bits per heavy atom. The van der Waals surface area contributed by atoms with Gasteiger partial charge in [0.15, 0.2) is 0 Å². The van der Waals surface area contributed by atoms with Crippen LogP contribution < -0.4 is 11.5 Å². The van der Waals surface area contributed by atoms with E-state index in [0.717, 1.165) is 5.75 Å². The second-order valence-electron chi connectivity index (χ2n) is 3.11. The van der Waals surface area contributed by atoms with E-state index in [9.17, 15) is 9.59 Å². The van der Waals surface area contributed by atoms with Gasteiger partial charge in [0.25, 0.3) is 0 Å². The average Bonchev–Trinajstić information content (AvgIpc) is 2.21. The predicted octanol–water partition coefficient (Wildman–Crippen LogP) is 0.344. The van der Waals surface area contributed by atoms with E-state index in [1.165, 1.54) is 10.8 Å². The van der Waals surface area contributed by atoms with Gasteiger partial charge in [-0.3, -0.25) is 9.59 Å². The number of rotatable bonds is 9. The molecule has 0 spiro atoms. The molecule has 2 unspecified atom stereocenters. The highest BCUT2D eigenvalue weighted by atomic mass is 33.1. The molecule has 5 nitrogen and oxygen atoms in total. The molecule has 0 aliphatic rings. The fraction of sp³-hybridized carbons (Fsp3) is 0.750. The SMILES string of the molecule is NC(CCSSCCC(N)C(=O)S)C(=O)O. The molecule has 0 aromatic heterocycles. The highest BCUT2D eigenvalue weighted by Crippen LogP contribution is 2.23. The van der Waals surface area contributed by atoms with Crippen molar-refractivity contribution in [2.24, 2.45) is 11.5 Å². The van der Waals surface area contributed by atoms with Crippen LogP contribution in [-0.4, -0.2) is 39.8 Å². The zero-order chi connectivity index (χ0) is 12.6. The van der Waals surface area contributed by atoms with Gasteiger partial charge in [0.1, 0.15) is 6.04 Å². The maximum atomic E-state index is 10.7. The van der Waals surface area contributed by atoms with Crippen molar-refractivity contribution in [3.63, 3.8) is 0 Å². The summed E-state index contributed by atoms with van der Waals surface area (Å²) in [6, 6.07) is -1.31. The van der Waals surface area contributed by atoms with Crippen LogP contribution in [0.3, 0.4) is 0 Å². The van der Waals surface area contributed by atoms with Crippen LogP contribution in [0.5, 0.6) is 0 Å². The van der Waals surface area contributed by atoms with Crippen molar-refractivity contribution in [1.82, 2.24) is 0 Å². The molecule has 0 fully saturated rings. The van der Waals surface area contributed by atoms with Crippen LogP contribution in [0, 0.1) is 0 Å². The van der Waals surface area contributed by atoms with Gasteiger partial charge in [-0.25, -0.2) is 0 Å². The topological polar surface area (TPSA) is 106 Å². The van der Waals surface area contributed by atoms with Gasteiger partial charge in [0.05, 0.1) is 6.04 Å². The van der Waals surface area contributed by atoms with Gasteiger partial charge in [-0.2, -0.15) is 0 Å². The number of nitrogens with two attached hydrogens (primary N) is 2. The summed E-state index contributed by atoms with van der Waals surface area (Å²) >= 11 is 3.62. The smallest absolute Gasteiger partial charge is 0.320 e. The van der Waals surface area contributed by atoms with Crippen LogP contribution in [0.4, 0.5) is 0 Å². The monoisotopic (exact) mass is 284 g/mol. The van der Waals surface area contributed by atoms with Gasteiger partial charge in [-0.15, -0.1) is 12.6 Å². The second-order valence-corrected chi connectivity index (χ2v) is 6.25. The molecule has 0 amide bonds. The lowest BCUT2D eigenvalue weighted by molar-refractivity contribution is -0.138. The van der Waals surface area contributed by atoms with Gasteiger partial charge in [0, 0.05) is 11.5 Å². The zero-order valence-electron chi connectivity index (χ0n) is 8.67. The molecule has 16 heavy (non-hydrogen) atoms. The van der Waals surface area contributed by atoms with E-state index in [4.69, 9.17) is 16.6 Å². The lowest BCUT2D eigenvalue weighted by Gasteiger charge is -2.07. The lowest BCUT2D eigenvalue weighted by atomic mass is 10.2. The third kappa shape index (κ3) is 8.28. The Morgan fingerprint density at radius 3 is 1.94 bits per heavy atom. The minimum atomic E-state index is -0.978. The molecule has 94 valence electrons. The van der Waals surface area contributed by atoms with Crippen LogP contribution in [0.25, 0.3) is 0 Å². The first-order valence-corrected chi connectivity index (χ1v) is 7.60. The molecule has 0 rings (SSSR count). The van der Waals surface area contributed by atoms with E-state index < -0.39 is 18.1 Å². The molecule has 0 saturated heterocycles. The quantitative estimate of drug-likeness (QED) is 0.275. The molecule has 5 N–H and O–H groups in total. The van der Waals surface area contributed by atoms with Crippen molar-refractivity contribution >= 4 is 45.3 Å². The number of hydrogen-bond acceptors (Lipinski definition) is 6. The minimum Gasteiger partial charge on any atom is -0.480 e. The molecule has 0 aromatic carbocycles. The number of carbonyl (C=O) groups excluding carboxylic acids is 1. The Bertz CT molecular complexity index is 217. The molecule has 0 heterocycles. The van der Waals surface area contributed by atoms with E-state index >= 15 is 0 Å². The highest BCUT2D eigenvalue weighted by molar-refractivity contribution is 8.76. The molecule has 0 bridgehead atoms. The van der Waals surface area contributed by atoms with Crippen LogP contribution in [0.15, 0.2) is 0 Å². The van der Waals surface area contributed by atoms with Gasteiger partial charge >= 0.3 is 5.97 Å². The van der Waals surface area contributed by atoms with Crippen molar-refractivity contribution in [2.75, 3.05) is 11.5 Å². The Labute approximate surface area is 108 Å². The second kappa shape index (κ2) is 9.17. The third-order valence-corrected chi connectivity index (χ3v) is 4.55. The fourth-order valence-electron chi connectivity index (χ4n) is 0.715. The number of carboxylic acids is 1. The number of thiol groups is 1. The summed E-state index contributed by atoms with van der Waals surface area (Å²) in [5.41, 5.74) is 10.8. The summed E-state index contributed by atoms with van der Waals surface area (Å²) in [7, 11) is 3.09. The van der Waals surface area contributed by atoms with Crippen molar-refractivity contribution in [2.45, 2.75) is 24.9 Å². The predicted molar refractivity (Wildman–Crippen MR) is 71.7 cm³/mol. The summed E-state index contributed by atoms with van der Waals surface area (Å²) in [6.45, 7) is 0. The number of hydrogen-bond donors (Lipinski definition) is 4. The first kappa shape index (κ1) is 16.1. The van der Waals surface area contributed by atoms with Gasteiger partial charge in [-0.05, 0) is 12.8 Å². The summed E-state index contributed by atoms with van der Waals surface area (Å²) in [5, 5.41) is 8.21. The Kier molecular flexibility index (Phi) is 9.24. The molecule has 0 aliphatic carbocycles. The van der Waals surface area contributed by atoms with E-state index in [1.54, 1.807) is 10.8 Å². The largest absolute Gasteiger partial charge is 0.480 e. The molecule has 0 saturated carbocycles. The molecule has 0 aromatic rings. The maximum Gasteiger partial charge on any atom is 0.320 e. The summed E-state index contributed by atoms with van der Waals surface area (Å²) in [6.07, 6.45) is 1.01. The Balaban J connectivity index is 3.34. The summed E-state index contributed by atoms with van der Waals surface area (Å²) in [4.78, 5) is 21.0. The van der Waals surface area contributed by atoms with Crippen molar-refractivity contribution < 1.29 is 14.7 Å². The maximum absolute atomic E-state index is 10.7. The summed E-state index contributed by atoms with van der Waals surface area (Å²) in [5.74, 6) is 0.427. The van der Waals surface area contributed by atoms with Gasteiger partial charge < -0.3 is 16.6 Å². The van der Waals surface area contributed by atoms with Crippen LogP contribution in [0.2, 0.25) is 0 Å². The standard InChI is InChI=1S/C8H16N2O3S3/c9-5(7(11)12)1-3-15-16-4-2-6(10)8(13)14/h5-6H,1-4,9-10H2,(H,11,12)(H,13,14). The number of carboxylic acid groups (broad SMARTS) is 1. The first-order chi connectivity index (χ1) is 7.45. The molecular formula is C8H16N2O3S3. The minimum absolute atomic E-state index is 0.307. The zero-order valence-corrected chi connectivity index (χ0v) is 11.2. The van der Waals surface area contributed by atoms with Crippen LogP contribution in [-0.2, 0) is 9.59 Å². The number of aliphatic carboxylic acids is 1. The molecule has 2 atom stereocenters. The Hall–Kier alpha value is 0.110. The van der Waals surface area contributed by atoms with Crippen molar-refractivity contribution in [3.8, 4) is 0 Å². The Morgan fingerprint density at radius 2 is 1.56 bits per heavy atom. The first-order valence-electron chi connectivity index (χ1n) is 4.66. The van der Waals surface area contributed by atoms with Crippen molar-refractivity contribution in [3.05, 3.63) is 0 Å². The summed E-state index contributed by atoms with van der Waals surface area (Å²) < 4.78 is 0. The van der Waals surface area contributed by atoms with Gasteiger partial charge in [0.2, 0.25) is 5.12 Å². The fourth-order valence-corrected chi connectivity index (χ4v) is 3.06. The van der Waals surface area contributed by atoms with E-state index in [-0.39, 0.29) is 5.12 Å². The number of carbonyl (C=O) groups is 2.